The number of ether oxygens (including phenoxy) is 3. The van der Waals surface area contributed by atoms with Crippen molar-refractivity contribution in [2.45, 2.75) is 835 Å². The molecule has 0 aliphatic carbocycles. The summed E-state index contributed by atoms with van der Waals surface area (Å²) in [4.78, 5) is 0. The Morgan fingerprint density at radius 2 is 0.218 bits per heavy atom. The molecular formula is C130H258O3. The zero-order valence-electron chi connectivity index (χ0n) is 94.8. The predicted molar refractivity (Wildman–Crippen MR) is 603 cm³/mol. The van der Waals surface area contributed by atoms with E-state index in [1.807, 2.05) is 0 Å². The Bertz CT molecular complexity index is 2040. The molecule has 3 nitrogen and oxygen atoms in total. The van der Waals surface area contributed by atoms with Crippen LogP contribution in [0.4, 0.5) is 0 Å². The lowest BCUT2D eigenvalue weighted by Gasteiger charge is -2.52. The number of hydrogen-bond donors (Lipinski definition) is 0. The molecule has 796 valence electrons. The Labute approximate surface area is 843 Å². The minimum atomic E-state index is -0.366. The van der Waals surface area contributed by atoms with Gasteiger partial charge in [0.15, 0.2) is 0 Å². The first-order valence-corrected chi connectivity index (χ1v) is 64.8. The fourth-order valence-corrected chi connectivity index (χ4v) is 25.3. The highest BCUT2D eigenvalue weighted by Crippen LogP contribution is 2.71. The van der Waals surface area contributed by atoms with E-state index in [9.17, 15) is 4.74 Å². The van der Waals surface area contributed by atoms with E-state index < -0.39 is 0 Å². The van der Waals surface area contributed by atoms with Gasteiger partial charge in [0, 0.05) is 0 Å². The molecule has 3 heteroatoms. The summed E-state index contributed by atoms with van der Waals surface area (Å²) in [6.45, 7) is 24.0. The molecule has 2 rings (SSSR count). The van der Waals surface area contributed by atoms with Crippen LogP contribution in [0.3, 0.4) is 0 Å². The molecule has 2 heterocycles. The van der Waals surface area contributed by atoms with Crippen LogP contribution >= 0.6 is 0 Å². The van der Waals surface area contributed by atoms with Crippen LogP contribution in [-0.4, -0.2) is 33.6 Å². The van der Waals surface area contributed by atoms with E-state index in [0.29, 0.717) is 0 Å². The van der Waals surface area contributed by atoms with E-state index in [1.54, 1.807) is 0 Å². The minimum Gasteiger partial charge on any atom is -0.362 e. The Balaban J connectivity index is 3.49. The van der Waals surface area contributed by atoms with Gasteiger partial charge in [0.05, 0.1) is 0 Å². The zero-order valence-corrected chi connectivity index (χ0v) is 94.8. The summed E-state index contributed by atoms with van der Waals surface area (Å²) in [7, 11) is 0. The van der Waals surface area contributed by atoms with Crippen LogP contribution in [0.25, 0.3) is 0 Å². The Morgan fingerprint density at radius 1 is 0.120 bits per heavy atom. The first-order valence-electron chi connectivity index (χ1n) is 64.8. The highest BCUT2D eigenvalue weighted by Gasteiger charge is 2.82. The molecule has 0 radical (unpaired) electrons. The molecule has 0 amide bonds. The minimum absolute atomic E-state index is 0.127. The molecule has 0 N–H and O–H groups in total. The lowest BCUT2D eigenvalue weighted by Crippen LogP contribution is -2.62. The number of epoxide rings is 2. The van der Waals surface area contributed by atoms with Crippen molar-refractivity contribution in [3.63, 3.8) is 0 Å². The molecule has 0 spiro atoms. The van der Waals surface area contributed by atoms with E-state index >= 15 is 0 Å². The highest BCUT2D eigenvalue weighted by molar-refractivity contribution is 5.30. The predicted octanol–water partition coefficient (Wildman–Crippen LogP) is 48.2. The quantitative estimate of drug-likeness (QED) is 0.0450. The molecule has 4 atom stereocenters. The summed E-state index contributed by atoms with van der Waals surface area (Å²) in [5.41, 5.74) is -1.54. The zero-order chi connectivity index (χ0) is 95.7. The van der Waals surface area contributed by atoms with Gasteiger partial charge in [0.2, 0.25) is 0 Å². The second-order valence-corrected chi connectivity index (χ2v) is 46.7. The lowest BCUT2D eigenvalue weighted by atomic mass is 9.64. The van der Waals surface area contributed by atoms with Crippen molar-refractivity contribution in [2.24, 2.45) is 0 Å². The van der Waals surface area contributed by atoms with Crippen molar-refractivity contribution in [3.05, 3.63) is 0 Å². The first kappa shape index (κ1) is 129. The van der Waals surface area contributed by atoms with Gasteiger partial charge in [0.25, 0.3) is 0 Å². The molecule has 0 bridgehead atoms. The van der Waals surface area contributed by atoms with Crippen molar-refractivity contribution < 1.29 is 14.2 Å². The average molecular weight is 1870 g/mol. The average Bonchev–Trinajstić information content (AvgIpc) is 1.49. The molecule has 4 unspecified atom stereocenters. The van der Waals surface area contributed by atoms with Crippen molar-refractivity contribution in [1.82, 2.24) is 0 Å². The number of rotatable bonds is 118. The summed E-state index contributed by atoms with van der Waals surface area (Å²) in [5, 5.41) is 0. The van der Waals surface area contributed by atoms with Crippen LogP contribution in [0.5, 0.6) is 0 Å². The fourth-order valence-electron chi connectivity index (χ4n) is 25.3. The van der Waals surface area contributed by atoms with E-state index in [1.165, 1.54) is 732 Å². The molecule has 0 aromatic carbocycles. The van der Waals surface area contributed by atoms with Gasteiger partial charge in [-0.3, -0.25) is 0 Å². The Hall–Kier alpha value is -0.120. The Kier molecular flexibility index (Phi) is 93.7. The van der Waals surface area contributed by atoms with Gasteiger partial charge in [-0.15, -0.1) is 0 Å². The highest BCUT2D eigenvalue weighted by atomic mass is 16.7. The second kappa shape index (κ2) is 96.7. The van der Waals surface area contributed by atoms with E-state index in [2.05, 4.69) is 69.2 Å². The maximum Gasteiger partial charge on any atom is 0.127 e. The largest absolute Gasteiger partial charge is 0.362 e. The van der Waals surface area contributed by atoms with Gasteiger partial charge >= 0.3 is 0 Å². The monoisotopic (exact) mass is 1870 g/mol. The third kappa shape index (κ3) is 65.8. The fraction of sp³-hybridized carbons (Fsp3) is 1.00. The van der Waals surface area contributed by atoms with Gasteiger partial charge in [-0.25, -0.2) is 0 Å². The molecule has 2 saturated heterocycles. The van der Waals surface area contributed by atoms with Crippen LogP contribution in [0, 0.1) is 0 Å². The van der Waals surface area contributed by atoms with Gasteiger partial charge in [-0.05, 0) is 64.2 Å². The van der Waals surface area contributed by atoms with Crippen molar-refractivity contribution in [1.29, 1.82) is 0 Å². The molecule has 2 aliphatic heterocycles. The summed E-state index contributed by atoms with van der Waals surface area (Å²) >= 11 is 0. The molecule has 0 aromatic rings. The summed E-state index contributed by atoms with van der Waals surface area (Å²) in [5.74, 6) is 0. The standard InChI is InChI=1S/C130H258O3/c1-11-21-31-41-51-61-71-73-81-91-101-111-121-127(119-109-99-89-79-67-57-47-37-27-17-7)129(132-127,123-113-103-93-83-69-59-49-39-29-19-9)125(115-105-95-85-75-63-53-43-33-23-13-3,116-106-96-86-76-64-54-44-34-24-14-4)131-126(117-107-97-87-77-65-55-45-35-25-15-5,118-108-98-88-78-66-56-46-36-26-16-6)130(124-114-104-94-84-70-60-50-40-30-20-10)128(133-130,120-110-100-90-80-68-58-48-38-28-18-8)122-112-102-92-82-74-72-62-52-42-32-22-12-2/h11-124H2,1-10H3. The molecule has 133 heavy (non-hydrogen) atoms. The maximum atomic E-state index is 10.2. The van der Waals surface area contributed by atoms with Gasteiger partial charge < -0.3 is 14.2 Å². The van der Waals surface area contributed by atoms with Crippen molar-refractivity contribution in [3.8, 4) is 0 Å². The van der Waals surface area contributed by atoms with Gasteiger partial charge in [-0.1, -0.05) is 737 Å². The summed E-state index contributed by atoms with van der Waals surface area (Å²) in [6, 6.07) is 0. The van der Waals surface area contributed by atoms with Crippen molar-refractivity contribution in [2.75, 3.05) is 0 Å². The molecular weight excluding hydrogens is 1610 g/mol. The van der Waals surface area contributed by atoms with Gasteiger partial charge in [0.1, 0.15) is 33.6 Å². The molecule has 0 aromatic heterocycles. The van der Waals surface area contributed by atoms with Crippen LogP contribution in [-0.2, 0) is 14.2 Å². The topological polar surface area (TPSA) is 34.3 Å². The lowest BCUT2D eigenvalue weighted by molar-refractivity contribution is -0.232. The smallest absolute Gasteiger partial charge is 0.127 e. The summed E-state index contributed by atoms with van der Waals surface area (Å²) in [6.07, 6.45) is 159. The number of unbranched alkanes of at least 4 members (excludes halogenated alkanes) is 94. The first-order chi connectivity index (χ1) is 65.7. The Morgan fingerprint density at radius 3 is 0.338 bits per heavy atom. The van der Waals surface area contributed by atoms with Crippen LogP contribution in [0.1, 0.15) is 801 Å². The summed E-state index contributed by atoms with van der Waals surface area (Å²) < 4.78 is 28.1. The van der Waals surface area contributed by atoms with E-state index in [0.717, 1.165) is 0 Å². The number of hydrogen-bond acceptors (Lipinski definition) is 3. The molecule has 2 aliphatic rings. The SMILES string of the molecule is CCCCCCCCCCCCCCC1(CCCCCCCCCCCC)OC1(CCCCCCCCCCCC)C(CCCCCCCCCCCC)(CCCCCCCCCCCC)OC(CCCCCCCCCCCC)(CCCCCCCCCCCC)C1(CCCCCCCCCCCC)OC1(CCCCCCCCCCCC)CCCCCCCCCCCCCC. The van der Waals surface area contributed by atoms with Gasteiger partial charge in [-0.2, -0.15) is 0 Å². The van der Waals surface area contributed by atoms with Crippen LogP contribution in [0.2, 0.25) is 0 Å². The third-order valence-corrected chi connectivity index (χ3v) is 34.2. The van der Waals surface area contributed by atoms with Crippen molar-refractivity contribution >= 4 is 0 Å². The van der Waals surface area contributed by atoms with E-state index in [4.69, 9.17) is 9.47 Å². The molecule has 0 saturated carbocycles. The maximum absolute atomic E-state index is 10.2. The third-order valence-electron chi connectivity index (χ3n) is 34.2. The van der Waals surface area contributed by atoms with E-state index in [-0.39, 0.29) is 33.6 Å². The normalized spacial score (nSPS) is 17.5. The second-order valence-electron chi connectivity index (χ2n) is 46.7. The van der Waals surface area contributed by atoms with Crippen LogP contribution in [0.15, 0.2) is 0 Å². The molecule has 2 fully saturated rings. The van der Waals surface area contributed by atoms with Crippen LogP contribution < -0.4 is 0 Å².